The van der Waals surface area contributed by atoms with Gasteiger partial charge in [0, 0.05) is 8.07 Å². The molecular formula is C8H19NO2SSi. The second-order valence-corrected chi connectivity index (χ2v) is 12.7. The Bertz CT molecular complexity index is 275. The Morgan fingerprint density at radius 2 is 1.77 bits per heavy atom. The van der Waals surface area contributed by atoms with E-state index in [4.69, 9.17) is 5.14 Å². The van der Waals surface area contributed by atoms with Crippen molar-refractivity contribution in [2.24, 2.45) is 11.1 Å². The lowest BCUT2D eigenvalue weighted by atomic mass is 9.86. The van der Waals surface area contributed by atoms with E-state index in [0.29, 0.717) is 5.92 Å². The van der Waals surface area contributed by atoms with Gasteiger partial charge in [0.2, 0.25) is 10.0 Å². The van der Waals surface area contributed by atoms with Gasteiger partial charge in [-0.25, -0.2) is 13.6 Å². The summed E-state index contributed by atoms with van der Waals surface area (Å²) >= 11 is 0. The van der Waals surface area contributed by atoms with Crippen LogP contribution in [-0.4, -0.2) is 21.7 Å². The topological polar surface area (TPSA) is 60.2 Å². The van der Waals surface area contributed by atoms with Gasteiger partial charge in [0.05, 0.1) is 5.25 Å². The Morgan fingerprint density at radius 1 is 1.31 bits per heavy atom. The normalized spacial score (nSPS) is 29.8. The highest BCUT2D eigenvalue weighted by Gasteiger charge is 2.38. The smallest absolute Gasteiger partial charge is 0.211 e. The van der Waals surface area contributed by atoms with Crippen molar-refractivity contribution in [3.8, 4) is 0 Å². The van der Waals surface area contributed by atoms with Gasteiger partial charge in [-0.1, -0.05) is 25.7 Å². The molecule has 1 saturated carbocycles. The summed E-state index contributed by atoms with van der Waals surface area (Å²) in [7, 11) is -4.25. The summed E-state index contributed by atoms with van der Waals surface area (Å²) < 4.78 is 21.8. The molecule has 13 heavy (non-hydrogen) atoms. The van der Waals surface area contributed by atoms with Crippen molar-refractivity contribution in [3.63, 3.8) is 0 Å². The second kappa shape index (κ2) is 3.36. The lowest BCUT2D eigenvalue weighted by Gasteiger charge is -2.36. The van der Waals surface area contributed by atoms with Crippen molar-refractivity contribution < 1.29 is 8.42 Å². The van der Waals surface area contributed by atoms with Crippen molar-refractivity contribution in [2.45, 2.75) is 43.8 Å². The Kier molecular flexibility index (Phi) is 2.90. The van der Waals surface area contributed by atoms with Crippen LogP contribution in [0.5, 0.6) is 0 Å². The number of hydrogen-bond donors (Lipinski definition) is 1. The maximum atomic E-state index is 10.9. The SMILES string of the molecule is C[Si](C)(C)CC1CC(S(N)(=O)=O)C1. The molecule has 0 spiro atoms. The maximum Gasteiger partial charge on any atom is 0.211 e. The zero-order chi connectivity index (χ0) is 10.3. The van der Waals surface area contributed by atoms with Crippen molar-refractivity contribution in [1.29, 1.82) is 0 Å². The Morgan fingerprint density at radius 3 is 2.08 bits per heavy atom. The summed E-state index contributed by atoms with van der Waals surface area (Å²) in [4.78, 5) is 0. The molecular weight excluding hydrogens is 202 g/mol. The molecule has 2 N–H and O–H groups in total. The largest absolute Gasteiger partial charge is 0.228 e. The van der Waals surface area contributed by atoms with E-state index < -0.39 is 18.1 Å². The van der Waals surface area contributed by atoms with Crippen LogP contribution in [0, 0.1) is 5.92 Å². The molecule has 0 aliphatic heterocycles. The number of primary sulfonamides is 1. The zero-order valence-electron chi connectivity index (χ0n) is 8.58. The minimum absolute atomic E-state index is 0.242. The highest BCUT2D eigenvalue weighted by atomic mass is 32.2. The molecule has 5 heteroatoms. The molecule has 0 atom stereocenters. The molecule has 0 radical (unpaired) electrons. The Labute approximate surface area is 81.8 Å². The molecule has 1 aliphatic carbocycles. The first-order chi connectivity index (χ1) is 5.68. The average Bonchev–Trinajstić information content (AvgIpc) is 1.71. The van der Waals surface area contributed by atoms with Crippen LogP contribution in [0.25, 0.3) is 0 Å². The highest BCUT2D eigenvalue weighted by Crippen LogP contribution is 2.37. The van der Waals surface area contributed by atoms with Gasteiger partial charge in [0.1, 0.15) is 0 Å². The number of hydrogen-bond acceptors (Lipinski definition) is 2. The standard InChI is InChI=1S/C8H19NO2SSi/c1-13(2,3)6-7-4-8(5-7)12(9,10)11/h7-8H,4-6H2,1-3H3,(H2,9,10,11). The van der Waals surface area contributed by atoms with Crippen LogP contribution < -0.4 is 5.14 Å². The molecule has 0 heterocycles. The fourth-order valence-corrected chi connectivity index (χ4v) is 5.12. The molecule has 0 saturated heterocycles. The lowest BCUT2D eigenvalue weighted by molar-refractivity contribution is 0.341. The molecule has 1 aliphatic rings. The molecule has 3 nitrogen and oxygen atoms in total. The Hall–Kier alpha value is 0.127. The van der Waals surface area contributed by atoms with Gasteiger partial charge in [-0.2, -0.15) is 0 Å². The summed E-state index contributed by atoms with van der Waals surface area (Å²) in [6.45, 7) is 6.95. The molecule has 0 aromatic rings. The first kappa shape index (κ1) is 11.2. The van der Waals surface area contributed by atoms with Gasteiger partial charge in [-0.05, 0) is 18.8 Å². The number of sulfonamides is 1. The van der Waals surface area contributed by atoms with E-state index in [0.717, 1.165) is 12.8 Å². The summed E-state index contributed by atoms with van der Waals surface area (Å²) in [6.07, 6.45) is 1.59. The van der Waals surface area contributed by atoms with Gasteiger partial charge < -0.3 is 0 Å². The van der Waals surface area contributed by atoms with Gasteiger partial charge in [-0.3, -0.25) is 0 Å². The van der Waals surface area contributed by atoms with E-state index in [1.54, 1.807) is 0 Å². The Balaban J connectivity index is 2.35. The van der Waals surface area contributed by atoms with Crippen LogP contribution in [0.4, 0.5) is 0 Å². The van der Waals surface area contributed by atoms with Crippen LogP contribution >= 0.6 is 0 Å². The molecule has 1 rings (SSSR count). The predicted molar refractivity (Wildman–Crippen MR) is 57.8 cm³/mol. The number of rotatable bonds is 3. The summed E-state index contributed by atoms with van der Waals surface area (Å²) in [5.41, 5.74) is 0. The molecule has 1 fully saturated rings. The first-order valence-corrected chi connectivity index (χ1v) is 10.0. The van der Waals surface area contributed by atoms with E-state index in [-0.39, 0.29) is 5.25 Å². The minimum atomic E-state index is -3.24. The van der Waals surface area contributed by atoms with Crippen molar-refractivity contribution in [3.05, 3.63) is 0 Å². The zero-order valence-corrected chi connectivity index (χ0v) is 10.4. The van der Waals surface area contributed by atoms with Gasteiger partial charge in [-0.15, -0.1) is 0 Å². The van der Waals surface area contributed by atoms with Gasteiger partial charge in [0.25, 0.3) is 0 Å². The van der Waals surface area contributed by atoms with Crippen LogP contribution in [0.2, 0.25) is 25.7 Å². The van der Waals surface area contributed by atoms with Crippen LogP contribution in [0.1, 0.15) is 12.8 Å². The van der Waals surface area contributed by atoms with Gasteiger partial charge in [0.15, 0.2) is 0 Å². The third kappa shape index (κ3) is 3.40. The van der Waals surface area contributed by atoms with Crippen molar-refractivity contribution in [2.75, 3.05) is 0 Å². The summed E-state index contributed by atoms with van der Waals surface area (Å²) in [5, 5.41) is 4.81. The fourth-order valence-electron chi connectivity index (χ4n) is 1.98. The van der Waals surface area contributed by atoms with E-state index in [2.05, 4.69) is 19.6 Å². The van der Waals surface area contributed by atoms with Gasteiger partial charge >= 0.3 is 0 Å². The predicted octanol–water partition coefficient (Wildman–Crippen LogP) is 1.39. The third-order valence-corrected chi connectivity index (χ3v) is 5.67. The minimum Gasteiger partial charge on any atom is -0.228 e. The summed E-state index contributed by atoms with van der Waals surface area (Å²) in [6, 6.07) is 1.24. The first-order valence-electron chi connectivity index (χ1n) is 4.70. The monoisotopic (exact) mass is 221 g/mol. The van der Waals surface area contributed by atoms with Crippen molar-refractivity contribution in [1.82, 2.24) is 0 Å². The van der Waals surface area contributed by atoms with E-state index >= 15 is 0 Å². The highest BCUT2D eigenvalue weighted by molar-refractivity contribution is 7.89. The van der Waals surface area contributed by atoms with Crippen LogP contribution in [0.3, 0.4) is 0 Å². The summed E-state index contributed by atoms with van der Waals surface area (Å²) in [5.74, 6) is 0.620. The third-order valence-electron chi connectivity index (χ3n) is 2.56. The number of nitrogens with two attached hydrogens (primary N) is 1. The average molecular weight is 221 g/mol. The molecule has 0 bridgehead atoms. The molecule has 0 aromatic heterocycles. The molecule has 0 unspecified atom stereocenters. The van der Waals surface area contributed by atoms with E-state index in [1.807, 2.05) is 0 Å². The molecule has 0 amide bonds. The van der Waals surface area contributed by atoms with Crippen molar-refractivity contribution >= 4 is 18.1 Å². The van der Waals surface area contributed by atoms with Crippen LogP contribution in [-0.2, 0) is 10.0 Å². The molecule has 78 valence electrons. The van der Waals surface area contributed by atoms with Crippen LogP contribution in [0.15, 0.2) is 0 Å². The van der Waals surface area contributed by atoms with E-state index in [9.17, 15) is 8.42 Å². The maximum absolute atomic E-state index is 10.9. The lowest BCUT2D eigenvalue weighted by Crippen LogP contribution is -2.42. The second-order valence-electron chi connectivity index (χ2n) is 5.31. The quantitative estimate of drug-likeness (QED) is 0.732. The van der Waals surface area contributed by atoms with E-state index in [1.165, 1.54) is 6.04 Å². The fraction of sp³-hybridized carbons (Fsp3) is 1.00. The molecule has 0 aromatic carbocycles.